The first-order valence-electron chi connectivity index (χ1n) is 2.56. The molecule has 0 unspecified atom stereocenters. The summed E-state index contributed by atoms with van der Waals surface area (Å²) >= 11 is 12.0. The minimum absolute atomic E-state index is 0.265. The number of phenolic OH excluding ortho intramolecular Hbond substituents is 1. The van der Waals surface area contributed by atoms with Crippen LogP contribution in [0, 0.1) is 3.57 Å². The molecule has 0 aliphatic heterocycles. The fraction of sp³-hybridized carbons (Fsp3) is 0. The number of rotatable bonds is 0. The lowest BCUT2D eigenvalue weighted by Gasteiger charge is -2.04. The first-order chi connectivity index (χ1) is 5.04. The summed E-state index contributed by atoms with van der Waals surface area (Å²) in [4.78, 5) is 0. The maximum absolute atomic E-state index is 9.41. The van der Waals surface area contributed by atoms with Crippen LogP contribution in [-0.4, -0.2) is 5.11 Å². The first kappa shape index (κ1) is 10.3. The van der Waals surface area contributed by atoms with E-state index in [1.807, 2.05) is 6.07 Å². The Morgan fingerprint density at radius 2 is 1.73 bits per heavy atom. The predicted molar refractivity (Wildman–Crippen MR) is 63.9 cm³/mol. The van der Waals surface area contributed by atoms with Gasteiger partial charge >= 0.3 is 0 Å². The van der Waals surface area contributed by atoms with Crippen LogP contribution in [0.5, 0.6) is 5.75 Å². The van der Waals surface area contributed by atoms with E-state index < -0.39 is 0 Å². The molecule has 0 bridgehead atoms. The lowest BCUT2D eigenvalue weighted by molar-refractivity contribution is 0.467. The second-order valence-electron chi connectivity index (χ2n) is 1.82. The molecule has 1 aromatic carbocycles. The summed E-state index contributed by atoms with van der Waals surface area (Å²) < 4.78 is 3.24. The van der Waals surface area contributed by atoms with Crippen molar-refractivity contribution in [2.45, 2.75) is 0 Å². The van der Waals surface area contributed by atoms with Gasteiger partial charge in [0.1, 0.15) is 5.75 Å². The van der Waals surface area contributed by atoms with Crippen LogP contribution >= 0.6 is 70.4 Å². The number of benzene rings is 1. The van der Waals surface area contributed by atoms with Crippen LogP contribution in [0.1, 0.15) is 0 Å². The topological polar surface area (TPSA) is 20.2 Å². The Labute approximate surface area is 103 Å². The molecule has 0 saturated heterocycles. The molecule has 0 fully saturated rings. The van der Waals surface area contributed by atoms with E-state index in [9.17, 15) is 5.11 Å². The molecule has 0 aromatic heterocycles. The fourth-order valence-electron chi connectivity index (χ4n) is 0.557. The second-order valence-corrected chi connectivity index (χ2v) is 5.42. The monoisotopic (exact) mass is 454 g/mol. The summed E-state index contributed by atoms with van der Waals surface area (Å²) in [7, 11) is 0. The highest BCUT2D eigenvalue weighted by Crippen LogP contribution is 2.40. The lowest BCUT2D eigenvalue weighted by atomic mass is 10.3. The van der Waals surface area contributed by atoms with Crippen molar-refractivity contribution in [1.29, 1.82) is 0 Å². The quantitative estimate of drug-likeness (QED) is 0.351. The van der Waals surface area contributed by atoms with Crippen LogP contribution in [0.4, 0.5) is 0 Å². The molecule has 1 rings (SSSR count). The van der Waals surface area contributed by atoms with Gasteiger partial charge in [-0.2, -0.15) is 0 Å². The SMILES string of the molecule is Oc1c(I)cc(Br)c(Br)c1Br. The summed E-state index contributed by atoms with van der Waals surface area (Å²) in [5.74, 6) is 0.265. The number of phenols is 1. The van der Waals surface area contributed by atoms with Crippen LogP contribution in [0.3, 0.4) is 0 Å². The molecule has 0 heterocycles. The maximum atomic E-state index is 9.41. The minimum Gasteiger partial charge on any atom is -0.506 e. The molecular formula is C6H2Br3IO. The molecule has 1 N–H and O–H groups in total. The van der Waals surface area contributed by atoms with Crippen molar-refractivity contribution in [2.75, 3.05) is 0 Å². The Kier molecular flexibility index (Phi) is 3.67. The van der Waals surface area contributed by atoms with E-state index in [1.54, 1.807) is 0 Å². The van der Waals surface area contributed by atoms with Crippen LogP contribution in [0.15, 0.2) is 19.5 Å². The van der Waals surface area contributed by atoms with Gasteiger partial charge in [-0.15, -0.1) is 0 Å². The van der Waals surface area contributed by atoms with Crippen LogP contribution in [0.2, 0.25) is 0 Å². The Bertz CT molecular complexity index is 274. The highest BCUT2D eigenvalue weighted by molar-refractivity contribution is 14.1. The molecule has 5 heteroatoms. The molecule has 0 aliphatic carbocycles. The fourth-order valence-corrected chi connectivity index (χ4v) is 3.36. The highest BCUT2D eigenvalue weighted by Gasteiger charge is 2.10. The summed E-state index contributed by atoms with van der Waals surface area (Å²) in [6.07, 6.45) is 0. The zero-order valence-corrected chi connectivity index (χ0v) is 12.0. The third-order valence-corrected chi connectivity index (χ3v) is 5.20. The van der Waals surface area contributed by atoms with Crippen molar-refractivity contribution in [3.8, 4) is 5.75 Å². The van der Waals surface area contributed by atoms with Gasteiger partial charge in [-0.25, -0.2) is 0 Å². The van der Waals surface area contributed by atoms with E-state index in [4.69, 9.17) is 0 Å². The first-order valence-corrected chi connectivity index (χ1v) is 6.01. The molecular weight excluding hydrogens is 455 g/mol. The van der Waals surface area contributed by atoms with Gasteiger partial charge in [0.2, 0.25) is 0 Å². The van der Waals surface area contributed by atoms with E-state index in [1.165, 1.54) is 0 Å². The molecule has 0 saturated carbocycles. The second kappa shape index (κ2) is 3.93. The third kappa shape index (κ3) is 2.10. The number of halogens is 4. The van der Waals surface area contributed by atoms with Crippen molar-refractivity contribution in [3.63, 3.8) is 0 Å². The van der Waals surface area contributed by atoms with Gasteiger partial charge in [-0.1, -0.05) is 0 Å². The standard InChI is InChI=1S/C6H2Br3IO/c7-2-1-3(10)6(11)5(9)4(2)8/h1,11H. The van der Waals surface area contributed by atoms with Gasteiger partial charge in [0.25, 0.3) is 0 Å². The Hall–Kier alpha value is 1.19. The highest BCUT2D eigenvalue weighted by atomic mass is 127. The average molecular weight is 457 g/mol. The van der Waals surface area contributed by atoms with Gasteiger partial charge in [0.15, 0.2) is 0 Å². The van der Waals surface area contributed by atoms with Crippen LogP contribution in [0.25, 0.3) is 0 Å². The maximum Gasteiger partial charge on any atom is 0.144 e. The molecule has 60 valence electrons. The summed E-state index contributed by atoms with van der Waals surface area (Å²) in [5.41, 5.74) is 0. The molecule has 0 spiro atoms. The van der Waals surface area contributed by atoms with E-state index >= 15 is 0 Å². The van der Waals surface area contributed by atoms with E-state index in [2.05, 4.69) is 70.4 Å². The Balaban J connectivity index is 3.46. The van der Waals surface area contributed by atoms with Crippen molar-refractivity contribution in [3.05, 3.63) is 23.1 Å². The van der Waals surface area contributed by atoms with Gasteiger partial charge in [-0.05, 0) is 76.4 Å². The zero-order chi connectivity index (χ0) is 8.59. The minimum atomic E-state index is 0.265. The Morgan fingerprint density at radius 3 is 2.27 bits per heavy atom. The smallest absolute Gasteiger partial charge is 0.144 e. The third-order valence-electron chi connectivity index (χ3n) is 1.09. The summed E-state index contributed by atoms with van der Waals surface area (Å²) in [6, 6.07) is 1.84. The summed E-state index contributed by atoms with van der Waals surface area (Å²) in [6.45, 7) is 0. The van der Waals surface area contributed by atoms with Gasteiger partial charge < -0.3 is 5.11 Å². The molecule has 0 radical (unpaired) electrons. The molecule has 0 atom stereocenters. The van der Waals surface area contributed by atoms with Crippen molar-refractivity contribution >= 4 is 70.4 Å². The molecule has 11 heavy (non-hydrogen) atoms. The van der Waals surface area contributed by atoms with Crippen molar-refractivity contribution < 1.29 is 5.11 Å². The number of hydrogen-bond acceptors (Lipinski definition) is 1. The zero-order valence-electron chi connectivity index (χ0n) is 5.04. The van der Waals surface area contributed by atoms with Crippen LogP contribution < -0.4 is 0 Å². The van der Waals surface area contributed by atoms with Gasteiger partial charge in [-0.3, -0.25) is 0 Å². The number of aromatic hydroxyl groups is 1. The van der Waals surface area contributed by atoms with E-state index in [-0.39, 0.29) is 5.75 Å². The normalized spacial score (nSPS) is 10.2. The van der Waals surface area contributed by atoms with Crippen molar-refractivity contribution in [1.82, 2.24) is 0 Å². The largest absolute Gasteiger partial charge is 0.506 e. The molecule has 0 amide bonds. The Morgan fingerprint density at radius 1 is 1.18 bits per heavy atom. The molecule has 0 aliphatic rings. The van der Waals surface area contributed by atoms with Crippen LogP contribution in [-0.2, 0) is 0 Å². The number of hydrogen-bond donors (Lipinski definition) is 1. The van der Waals surface area contributed by atoms with E-state index in [0.717, 1.165) is 12.5 Å². The average Bonchev–Trinajstić information content (AvgIpc) is 1.97. The van der Waals surface area contributed by atoms with Crippen molar-refractivity contribution in [2.24, 2.45) is 0 Å². The predicted octanol–water partition coefficient (Wildman–Crippen LogP) is 4.28. The van der Waals surface area contributed by atoms with Gasteiger partial charge in [0.05, 0.1) is 8.04 Å². The lowest BCUT2D eigenvalue weighted by Crippen LogP contribution is -1.79. The molecule has 1 aromatic rings. The van der Waals surface area contributed by atoms with Gasteiger partial charge in [0, 0.05) is 8.95 Å². The van der Waals surface area contributed by atoms with E-state index in [0.29, 0.717) is 4.47 Å². The molecule has 1 nitrogen and oxygen atoms in total. The summed E-state index contributed by atoms with van der Waals surface area (Å²) in [5, 5.41) is 9.41.